The monoisotopic (exact) mass is 223 g/mol. The van der Waals surface area contributed by atoms with E-state index in [-0.39, 0.29) is 0 Å². The topological polar surface area (TPSA) is 35.2 Å². The zero-order valence-electron chi connectivity index (χ0n) is 10.5. The second-order valence-electron chi connectivity index (χ2n) is 6.45. The number of methoxy groups -OCH3 is 1. The Hall–Kier alpha value is -0.0800. The quantitative estimate of drug-likeness (QED) is 0.781. The van der Waals surface area contributed by atoms with Gasteiger partial charge in [0.1, 0.15) is 0 Å². The fraction of sp³-hybridized carbons (Fsp3) is 1.00. The van der Waals surface area contributed by atoms with Gasteiger partial charge in [0.05, 0.1) is 0 Å². The summed E-state index contributed by atoms with van der Waals surface area (Å²) in [6.45, 7) is 0.950. The van der Waals surface area contributed by atoms with Crippen LogP contribution in [0.3, 0.4) is 0 Å². The van der Waals surface area contributed by atoms with Crippen molar-refractivity contribution in [1.29, 1.82) is 0 Å². The molecule has 92 valence electrons. The van der Waals surface area contributed by atoms with Crippen LogP contribution < -0.4 is 5.73 Å². The van der Waals surface area contributed by atoms with E-state index in [1.165, 1.54) is 44.9 Å². The van der Waals surface area contributed by atoms with Gasteiger partial charge in [-0.1, -0.05) is 6.42 Å². The van der Waals surface area contributed by atoms with Crippen LogP contribution in [0.25, 0.3) is 0 Å². The highest BCUT2D eigenvalue weighted by Gasteiger charge is 2.57. The number of ether oxygens (including phenoxy) is 1. The highest BCUT2D eigenvalue weighted by Crippen LogP contribution is 2.61. The summed E-state index contributed by atoms with van der Waals surface area (Å²) >= 11 is 0. The standard InChI is InChI=1S/C14H25NO/c1-16-9-10-3-2-6-14(8-10)12-5-4-11(7-12)13(14)15/h10-13H,2-9,15H2,1H3/t10-,11?,12?,13?,14-/m1/s1. The molecule has 3 fully saturated rings. The SMILES string of the molecule is COC[C@@H]1CCC[C@@]2(C1)C1CCC(C1)C2N. The van der Waals surface area contributed by atoms with E-state index in [1.807, 2.05) is 7.11 Å². The second-order valence-corrected chi connectivity index (χ2v) is 6.45. The molecule has 1 spiro atoms. The van der Waals surface area contributed by atoms with E-state index in [4.69, 9.17) is 10.5 Å². The van der Waals surface area contributed by atoms with Crippen LogP contribution in [0.4, 0.5) is 0 Å². The Kier molecular flexibility index (Phi) is 2.75. The third-order valence-electron chi connectivity index (χ3n) is 5.78. The van der Waals surface area contributed by atoms with Gasteiger partial charge >= 0.3 is 0 Å². The third kappa shape index (κ3) is 1.46. The summed E-state index contributed by atoms with van der Waals surface area (Å²) in [6, 6.07) is 0.505. The van der Waals surface area contributed by atoms with Gasteiger partial charge in [0, 0.05) is 19.8 Å². The van der Waals surface area contributed by atoms with Crippen molar-refractivity contribution in [3.63, 3.8) is 0 Å². The second kappa shape index (κ2) is 3.99. The summed E-state index contributed by atoms with van der Waals surface area (Å²) in [5.41, 5.74) is 7.07. The fourth-order valence-corrected chi connectivity index (χ4v) is 5.12. The maximum atomic E-state index is 6.55. The van der Waals surface area contributed by atoms with E-state index >= 15 is 0 Å². The molecule has 0 aromatic heterocycles. The van der Waals surface area contributed by atoms with Crippen molar-refractivity contribution in [2.75, 3.05) is 13.7 Å². The van der Waals surface area contributed by atoms with Crippen LogP contribution in [0, 0.1) is 23.2 Å². The van der Waals surface area contributed by atoms with Crippen molar-refractivity contribution in [3.8, 4) is 0 Å². The first-order valence-electron chi connectivity index (χ1n) is 7.01. The van der Waals surface area contributed by atoms with E-state index in [0.29, 0.717) is 11.5 Å². The average molecular weight is 223 g/mol. The third-order valence-corrected chi connectivity index (χ3v) is 5.78. The maximum Gasteiger partial charge on any atom is 0.0490 e. The number of rotatable bonds is 2. The van der Waals surface area contributed by atoms with Crippen molar-refractivity contribution >= 4 is 0 Å². The maximum absolute atomic E-state index is 6.55. The number of hydrogen-bond donors (Lipinski definition) is 1. The Morgan fingerprint density at radius 3 is 2.88 bits per heavy atom. The molecule has 2 N–H and O–H groups in total. The van der Waals surface area contributed by atoms with Crippen molar-refractivity contribution in [3.05, 3.63) is 0 Å². The van der Waals surface area contributed by atoms with Crippen LogP contribution in [0.15, 0.2) is 0 Å². The lowest BCUT2D eigenvalue weighted by Gasteiger charge is -2.47. The number of nitrogens with two attached hydrogens (primary N) is 1. The summed E-state index contributed by atoms with van der Waals surface area (Å²) < 4.78 is 5.36. The summed E-state index contributed by atoms with van der Waals surface area (Å²) in [5, 5.41) is 0. The molecule has 3 aliphatic rings. The molecule has 2 nitrogen and oxygen atoms in total. The van der Waals surface area contributed by atoms with E-state index in [0.717, 1.165) is 24.4 Å². The molecular formula is C14H25NO. The number of fused-ring (bicyclic) bond motifs is 3. The van der Waals surface area contributed by atoms with Crippen LogP contribution in [0.1, 0.15) is 44.9 Å². The van der Waals surface area contributed by atoms with Crippen molar-refractivity contribution in [1.82, 2.24) is 0 Å². The van der Waals surface area contributed by atoms with Gasteiger partial charge in [-0.3, -0.25) is 0 Å². The molecule has 0 radical (unpaired) electrons. The van der Waals surface area contributed by atoms with Crippen LogP contribution >= 0.6 is 0 Å². The zero-order valence-corrected chi connectivity index (χ0v) is 10.5. The molecule has 0 aliphatic heterocycles. The molecule has 2 heteroatoms. The molecule has 3 rings (SSSR count). The van der Waals surface area contributed by atoms with Crippen molar-refractivity contribution in [2.24, 2.45) is 28.9 Å². The van der Waals surface area contributed by atoms with Crippen LogP contribution in [-0.4, -0.2) is 19.8 Å². The Morgan fingerprint density at radius 2 is 2.19 bits per heavy atom. The molecule has 3 unspecified atom stereocenters. The normalized spacial score (nSPS) is 51.4. The van der Waals surface area contributed by atoms with E-state index in [1.54, 1.807) is 0 Å². The first-order chi connectivity index (χ1) is 7.76. The number of hydrogen-bond acceptors (Lipinski definition) is 2. The van der Waals surface area contributed by atoms with Gasteiger partial charge < -0.3 is 10.5 Å². The largest absolute Gasteiger partial charge is 0.384 e. The van der Waals surface area contributed by atoms with Gasteiger partial charge in [0.2, 0.25) is 0 Å². The van der Waals surface area contributed by atoms with Gasteiger partial charge in [0.25, 0.3) is 0 Å². The Balaban J connectivity index is 1.77. The van der Waals surface area contributed by atoms with Crippen molar-refractivity contribution in [2.45, 2.75) is 51.0 Å². The van der Waals surface area contributed by atoms with Gasteiger partial charge in [-0.05, 0) is 61.7 Å². The molecule has 3 aliphatic carbocycles. The predicted molar refractivity (Wildman–Crippen MR) is 65.1 cm³/mol. The van der Waals surface area contributed by atoms with Gasteiger partial charge in [-0.25, -0.2) is 0 Å². The summed E-state index contributed by atoms with van der Waals surface area (Å²) in [4.78, 5) is 0. The molecule has 2 bridgehead atoms. The van der Waals surface area contributed by atoms with E-state index in [9.17, 15) is 0 Å². The molecule has 0 saturated heterocycles. The molecular weight excluding hydrogens is 198 g/mol. The zero-order chi connectivity index (χ0) is 11.2. The molecule has 0 aromatic rings. The van der Waals surface area contributed by atoms with Gasteiger partial charge in [0.15, 0.2) is 0 Å². The van der Waals surface area contributed by atoms with Crippen molar-refractivity contribution < 1.29 is 4.74 Å². The van der Waals surface area contributed by atoms with Gasteiger partial charge in [-0.2, -0.15) is 0 Å². The molecule has 3 saturated carbocycles. The fourth-order valence-electron chi connectivity index (χ4n) is 5.12. The predicted octanol–water partition coefficient (Wildman–Crippen LogP) is 2.57. The Labute approximate surface area is 98.9 Å². The lowest BCUT2D eigenvalue weighted by atomic mass is 9.60. The molecule has 16 heavy (non-hydrogen) atoms. The highest BCUT2D eigenvalue weighted by molar-refractivity contribution is 5.10. The lowest BCUT2D eigenvalue weighted by molar-refractivity contribution is 0.0196. The first kappa shape index (κ1) is 11.0. The summed E-state index contributed by atoms with van der Waals surface area (Å²) in [6.07, 6.45) is 9.78. The van der Waals surface area contributed by atoms with Gasteiger partial charge in [-0.15, -0.1) is 0 Å². The average Bonchev–Trinajstić information content (AvgIpc) is 2.84. The van der Waals surface area contributed by atoms with Crippen LogP contribution in [0.2, 0.25) is 0 Å². The van der Waals surface area contributed by atoms with E-state index < -0.39 is 0 Å². The van der Waals surface area contributed by atoms with Crippen LogP contribution in [-0.2, 0) is 4.74 Å². The summed E-state index contributed by atoms with van der Waals surface area (Å²) in [7, 11) is 1.84. The van der Waals surface area contributed by atoms with E-state index in [2.05, 4.69) is 0 Å². The smallest absolute Gasteiger partial charge is 0.0490 e. The molecule has 0 aromatic carbocycles. The lowest BCUT2D eigenvalue weighted by Crippen LogP contribution is -2.49. The Morgan fingerprint density at radius 1 is 1.31 bits per heavy atom. The minimum Gasteiger partial charge on any atom is -0.384 e. The summed E-state index contributed by atoms with van der Waals surface area (Å²) in [5.74, 6) is 2.59. The minimum absolute atomic E-state index is 0.505. The highest BCUT2D eigenvalue weighted by atomic mass is 16.5. The van der Waals surface area contributed by atoms with Crippen LogP contribution in [0.5, 0.6) is 0 Å². The molecule has 0 amide bonds. The first-order valence-corrected chi connectivity index (χ1v) is 7.01. The molecule has 5 atom stereocenters. The molecule has 0 heterocycles. The minimum atomic E-state index is 0.505. The Bertz CT molecular complexity index is 261.